The van der Waals surface area contributed by atoms with E-state index in [0.717, 1.165) is 36.2 Å². The van der Waals surface area contributed by atoms with Gasteiger partial charge in [0.2, 0.25) is 0 Å². The van der Waals surface area contributed by atoms with Gasteiger partial charge in [0, 0.05) is 25.2 Å². The molecule has 2 bridgehead atoms. The van der Waals surface area contributed by atoms with Crippen molar-refractivity contribution in [2.75, 3.05) is 11.9 Å². The van der Waals surface area contributed by atoms with Crippen LogP contribution in [0, 0.1) is 17.8 Å². The van der Waals surface area contributed by atoms with Crippen molar-refractivity contribution >= 4 is 22.8 Å². The largest absolute Gasteiger partial charge is 0.441 e. The van der Waals surface area contributed by atoms with Crippen LogP contribution in [-0.4, -0.2) is 28.5 Å². The molecule has 0 spiro atoms. The summed E-state index contributed by atoms with van der Waals surface area (Å²) in [4.78, 5) is 19.2. The number of rotatable bonds is 1. The first-order chi connectivity index (χ1) is 11.2. The number of carbonyl (C=O) groups excluding carboxylic acids is 1. The Hall–Kier alpha value is -2.04. The van der Waals surface area contributed by atoms with Crippen molar-refractivity contribution < 1.29 is 9.21 Å². The summed E-state index contributed by atoms with van der Waals surface area (Å²) in [7, 11) is 0. The molecule has 2 aliphatic rings. The Balaban J connectivity index is 1.53. The van der Waals surface area contributed by atoms with Crippen LogP contribution in [0.2, 0.25) is 0 Å². The van der Waals surface area contributed by atoms with E-state index in [2.05, 4.69) is 31.1 Å². The molecule has 24 heavy (non-hydrogen) atoms. The van der Waals surface area contributed by atoms with Crippen LogP contribution in [0.4, 0.5) is 10.5 Å². The summed E-state index contributed by atoms with van der Waals surface area (Å²) in [6.07, 6.45) is 3.38. The number of fused-ring (bicyclic) bond motifs is 3. The number of hydrogen-bond acceptors (Lipinski definition) is 3. The number of nitrogens with one attached hydrogen (secondary N) is 1. The molecule has 128 valence electrons. The van der Waals surface area contributed by atoms with Crippen molar-refractivity contribution in [3.8, 4) is 0 Å². The lowest BCUT2D eigenvalue weighted by atomic mass is 9.65. The fourth-order valence-corrected chi connectivity index (χ4v) is 5.01. The molecule has 2 amide bonds. The molecular weight excluding hydrogens is 302 g/mol. The summed E-state index contributed by atoms with van der Waals surface area (Å²) in [6.45, 7) is 9.63. The predicted octanol–water partition coefficient (Wildman–Crippen LogP) is 4.57. The van der Waals surface area contributed by atoms with Gasteiger partial charge in [0.1, 0.15) is 5.52 Å². The summed E-state index contributed by atoms with van der Waals surface area (Å²) in [5.74, 6) is 0.636. The Bertz CT molecular complexity index is 810. The second-order valence-electron chi connectivity index (χ2n) is 8.69. The van der Waals surface area contributed by atoms with Gasteiger partial charge in [0.25, 0.3) is 0 Å². The Morgan fingerprint density at radius 3 is 2.92 bits per heavy atom. The van der Waals surface area contributed by atoms with Gasteiger partial charge in [-0.1, -0.05) is 20.8 Å². The SMILES string of the molecule is Cc1nc2cc(NC(=O)N3C[C@@]4(C)C[C@H]3CC(C)(C)C4)ccc2o1. The molecule has 1 aromatic carbocycles. The molecule has 4 rings (SSSR count). The van der Waals surface area contributed by atoms with E-state index in [0.29, 0.717) is 17.3 Å². The number of amides is 2. The van der Waals surface area contributed by atoms with E-state index in [4.69, 9.17) is 4.42 Å². The van der Waals surface area contributed by atoms with E-state index >= 15 is 0 Å². The number of nitrogens with zero attached hydrogens (tertiary/aromatic N) is 2. The molecule has 5 heteroatoms. The van der Waals surface area contributed by atoms with Gasteiger partial charge in [-0.3, -0.25) is 0 Å². The number of benzene rings is 1. The minimum absolute atomic E-state index is 0.000918. The van der Waals surface area contributed by atoms with Crippen LogP contribution in [0.5, 0.6) is 0 Å². The van der Waals surface area contributed by atoms with Gasteiger partial charge < -0.3 is 14.6 Å². The summed E-state index contributed by atoms with van der Waals surface area (Å²) in [5.41, 5.74) is 2.85. The average Bonchev–Trinajstić information content (AvgIpc) is 2.93. The molecule has 0 unspecified atom stereocenters. The van der Waals surface area contributed by atoms with Crippen LogP contribution >= 0.6 is 0 Å². The summed E-state index contributed by atoms with van der Waals surface area (Å²) >= 11 is 0. The zero-order valence-corrected chi connectivity index (χ0v) is 14.8. The lowest BCUT2D eigenvalue weighted by Gasteiger charge is -2.39. The van der Waals surface area contributed by atoms with Crippen LogP contribution in [0.25, 0.3) is 11.1 Å². The molecule has 2 atom stereocenters. The van der Waals surface area contributed by atoms with Crippen molar-refractivity contribution in [3.63, 3.8) is 0 Å². The van der Waals surface area contributed by atoms with Crippen LogP contribution in [0.1, 0.15) is 45.9 Å². The molecular formula is C19H25N3O2. The lowest BCUT2D eigenvalue weighted by Crippen LogP contribution is -2.40. The Morgan fingerprint density at radius 2 is 2.12 bits per heavy atom. The highest BCUT2D eigenvalue weighted by Gasteiger charge is 2.51. The van der Waals surface area contributed by atoms with Gasteiger partial charge in [0.15, 0.2) is 11.5 Å². The minimum atomic E-state index is 0.000918. The molecule has 0 radical (unpaired) electrons. The van der Waals surface area contributed by atoms with Gasteiger partial charge in [0.05, 0.1) is 0 Å². The van der Waals surface area contributed by atoms with Crippen LogP contribution < -0.4 is 5.32 Å². The van der Waals surface area contributed by atoms with E-state index in [1.54, 1.807) is 0 Å². The number of likely N-dealkylation sites (tertiary alicyclic amines) is 1. The first kappa shape index (κ1) is 15.5. The van der Waals surface area contributed by atoms with E-state index in [-0.39, 0.29) is 11.4 Å². The van der Waals surface area contributed by atoms with Crippen molar-refractivity contribution in [1.29, 1.82) is 0 Å². The predicted molar refractivity (Wildman–Crippen MR) is 94.0 cm³/mol. The summed E-state index contributed by atoms with van der Waals surface area (Å²) in [5, 5.41) is 3.05. The molecule has 1 N–H and O–H groups in total. The van der Waals surface area contributed by atoms with Gasteiger partial charge in [-0.2, -0.15) is 0 Å². The van der Waals surface area contributed by atoms with Gasteiger partial charge in [-0.15, -0.1) is 0 Å². The maximum absolute atomic E-state index is 12.8. The number of hydrogen-bond donors (Lipinski definition) is 1. The second-order valence-corrected chi connectivity index (χ2v) is 8.69. The Labute approximate surface area is 142 Å². The molecule has 1 aromatic heterocycles. The third-order valence-electron chi connectivity index (χ3n) is 5.42. The first-order valence-corrected chi connectivity index (χ1v) is 8.68. The van der Waals surface area contributed by atoms with Crippen molar-refractivity contribution in [2.24, 2.45) is 10.8 Å². The Kier molecular flexibility index (Phi) is 3.21. The highest BCUT2D eigenvalue weighted by molar-refractivity contribution is 5.92. The number of aromatic nitrogens is 1. The molecule has 2 heterocycles. The second kappa shape index (κ2) is 4.98. The van der Waals surface area contributed by atoms with Crippen molar-refractivity contribution in [3.05, 3.63) is 24.1 Å². The summed E-state index contributed by atoms with van der Waals surface area (Å²) < 4.78 is 5.49. The maximum atomic E-state index is 12.8. The van der Waals surface area contributed by atoms with E-state index in [9.17, 15) is 4.79 Å². The number of urea groups is 1. The lowest BCUT2D eigenvalue weighted by molar-refractivity contribution is 0.130. The number of oxazole rings is 1. The van der Waals surface area contributed by atoms with Crippen molar-refractivity contribution in [1.82, 2.24) is 9.88 Å². The van der Waals surface area contributed by atoms with E-state index in [1.807, 2.05) is 30.0 Å². The molecule has 1 aliphatic heterocycles. The monoisotopic (exact) mass is 327 g/mol. The van der Waals surface area contributed by atoms with Crippen LogP contribution in [0.15, 0.2) is 22.6 Å². The van der Waals surface area contributed by atoms with E-state index < -0.39 is 0 Å². The first-order valence-electron chi connectivity index (χ1n) is 8.68. The number of anilines is 1. The van der Waals surface area contributed by atoms with E-state index in [1.165, 1.54) is 6.42 Å². The molecule has 2 aromatic rings. The molecule has 1 saturated carbocycles. The Morgan fingerprint density at radius 1 is 1.33 bits per heavy atom. The zero-order chi connectivity index (χ0) is 17.1. The topological polar surface area (TPSA) is 58.4 Å². The molecule has 5 nitrogen and oxygen atoms in total. The van der Waals surface area contributed by atoms with Crippen LogP contribution in [0.3, 0.4) is 0 Å². The van der Waals surface area contributed by atoms with Gasteiger partial charge in [-0.25, -0.2) is 9.78 Å². The van der Waals surface area contributed by atoms with Gasteiger partial charge >= 0.3 is 6.03 Å². The standard InChI is InChI=1S/C19H25N3O2/c1-12-20-15-7-13(5-6-16(15)24-12)21-17(23)22-11-19(4)9-14(22)8-18(2,3)10-19/h5-7,14H,8-11H2,1-4H3,(H,21,23)/t14-,19+/m1/s1. The fourth-order valence-electron chi connectivity index (χ4n) is 5.01. The average molecular weight is 327 g/mol. The minimum Gasteiger partial charge on any atom is -0.441 e. The maximum Gasteiger partial charge on any atom is 0.322 e. The zero-order valence-electron chi connectivity index (χ0n) is 14.8. The van der Waals surface area contributed by atoms with Gasteiger partial charge in [-0.05, 0) is 48.3 Å². The summed E-state index contributed by atoms with van der Waals surface area (Å²) in [6, 6.07) is 5.95. The fraction of sp³-hybridized carbons (Fsp3) is 0.579. The highest BCUT2D eigenvalue weighted by atomic mass is 16.3. The highest BCUT2D eigenvalue weighted by Crippen LogP contribution is 2.52. The molecule has 1 saturated heterocycles. The van der Waals surface area contributed by atoms with Crippen molar-refractivity contribution in [2.45, 2.75) is 53.0 Å². The number of aryl methyl sites for hydroxylation is 1. The van der Waals surface area contributed by atoms with Crippen LogP contribution in [-0.2, 0) is 0 Å². The quantitative estimate of drug-likeness (QED) is 0.834. The third-order valence-corrected chi connectivity index (χ3v) is 5.42. The molecule has 1 aliphatic carbocycles. The smallest absolute Gasteiger partial charge is 0.322 e. The third kappa shape index (κ3) is 2.66. The number of carbonyl (C=O) groups is 1. The normalized spacial score (nSPS) is 28.3. The molecule has 2 fully saturated rings.